The van der Waals surface area contributed by atoms with Gasteiger partial charge in [-0.05, 0) is 80.3 Å². The topological polar surface area (TPSA) is 64.7 Å². The van der Waals surface area contributed by atoms with Gasteiger partial charge < -0.3 is 20.4 Å². The van der Waals surface area contributed by atoms with Crippen LogP contribution in [0.4, 0.5) is 23.7 Å². The van der Waals surface area contributed by atoms with Crippen LogP contribution in [0.1, 0.15) is 43.2 Å². The first kappa shape index (κ1) is 30.8. The summed E-state index contributed by atoms with van der Waals surface area (Å²) in [7, 11) is 1.72. The lowest BCUT2D eigenvalue weighted by Gasteiger charge is -2.36. The van der Waals surface area contributed by atoms with Crippen molar-refractivity contribution in [1.29, 1.82) is 0 Å². The average Bonchev–Trinajstić information content (AvgIpc) is 2.91. The maximum absolute atomic E-state index is 12.7. The maximum atomic E-state index is 12.7. The number of alkyl halides is 3. The Morgan fingerprint density at radius 3 is 2.36 bits per heavy atom. The molecule has 1 aliphatic heterocycles. The van der Waals surface area contributed by atoms with Crippen molar-refractivity contribution in [1.82, 2.24) is 15.1 Å². The number of unbranched alkanes of at least 4 members (excludes halogenated alkanes) is 2. The van der Waals surface area contributed by atoms with E-state index in [-0.39, 0.29) is 18.0 Å². The quantitative estimate of drug-likeness (QED) is 0.235. The van der Waals surface area contributed by atoms with Gasteiger partial charge in [-0.15, -0.1) is 0 Å². The molecule has 1 aliphatic rings. The molecule has 1 saturated heterocycles. The van der Waals surface area contributed by atoms with Crippen molar-refractivity contribution in [2.75, 3.05) is 38.5 Å². The predicted molar refractivity (Wildman–Crippen MR) is 150 cm³/mol. The molecule has 0 spiro atoms. The molecule has 39 heavy (non-hydrogen) atoms. The Morgan fingerprint density at radius 1 is 1.03 bits per heavy atom. The van der Waals surface area contributed by atoms with Gasteiger partial charge in [-0.1, -0.05) is 35.7 Å². The molecule has 0 aliphatic carbocycles. The van der Waals surface area contributed by atoms with Crippen molar-refractivity contribution in [3.8, 4) is 0 Å². The van der Waals surface area contributed by atoms with Crippen LogP contribution in [-0.2, 0) is 11.0 Å². The summed E-state index contributed by atoms with van der Waals surface area (Å²) in [5.74, 6) is -0.158. The van der Waals surface area contributed by atoms with Gasteiger partial charge in [0.2, 0.25) is 5.91 Å². The van der Waals surface area contributed by atoms with Gasteiger partial charge in [0.05, 0.1) is 15.6 Å². The van der Waals surface area contributed by atoms with Gasteiger partial charge in [0.1, 0.15) is 0 Å². The van der Waals surface area contributed by atoms with Gasteiger partial charge in [-0.25, -0.2) is 4.79 Å². The Hall–Kier alpha value is -2.75. The lowest BCUT2D eigenvalue weighted by molar-refractivity contribution is -0.137. The first-order chi connectivity index (χ1) is 18.5. The molecule has 0 bridgehead atoms. The highest BCUT2D eigenvalue weighted by atomic mass is 35.5. The number of carbonyl (C=O) groups excluding carboxylic acids is 2. The summed E-state index contributed by atoms with van der Waals surface area (Å²) >= 11 is 11.9. The molecule has 2 aromatic carbocycles. The van der Waals surface area contributed by atoms with Crippen LogP contribution >= 0.6 is 23.2 Å². The van der Waals surface area contributed by atoms with Crippen LogP contribution in [0.3, 0.4) is 0 Å². The molecule has 0 unspecified atom stereocenters. The summed E-state index contributed by atoms with van der Waals surface area (Å²) in [6.45, 7) is 3.31. The lowest BCUT2D eigenvalue weighted by atomic mass is 10.0. The molecule has 212 valence electrons. The van der Waals surface area contributed by atoms with E-state index in [0.29, 0.717) is 22.3 Å². The van der Waals surface area contributed by atoms with Gasteiger partial charge in [0, 0.05) is 44.5 Å². The Labute approximate surface area is 237 Å². The first-order valence-electron chi connectivity index (χ1n) is 12.9. The van der Waals surface area contributed by atoms with E-state index < -0.39 is 11.7 Å². The zero-order valence-electron chi connectivity index (χ0n) is 21.7. The smallest absolute Gasteiger partial charge is 0.353 e. The minimum atomic E-state index is -4.41. The van der Waals surface area contributed by atoms with Gasteiger partial charge in [0.25, 0.3) is 0 Å². The SMILES string of the molecule is CN(C(=O)Nc1ccc(C(F)(F)F)cc1)C1CCN(CCCCCNC(=O)/C=C/c2ccc(Cl)c(Cl)c2)CC1. The number of piperidine rings is 1. The zero-order chi connectivity index (χ0) is 28.4. The van der Waals surface area contributed by atoms with E-state index >= 15 is 0 Å². The van der Waals surface area contributed by atoms with Crippen LogP contribution in [0, 0.1) is 0 Å². The normalized spacial score (nSPS) is 14.9. The fraction of sp³-hybridized carbons (Fsp3) is 0.429. The molecule has 3 rings (SSSR count). The highest BCUT2D eigenvalue weighted by Gasteiger charge is 2.30. The molecule has 0 radical (unpaired) electrons. The van der Waals surface area contributed by atoms with Crippen molar-refractivity contribution in [2.24, 2.45) is 0 Å². The molecule has 0 atom stereocenters. The Morgan fingerprint density at radius 2 is 1.72 bits per heavy atom. The fourth-order valence-corrected chi connectivity index (χ4v) is 4.65. The minimum Gasteiger partial charge on any atom is -0.353 e. The number of hydrogen-bond donors (Lipinski definition) is 2. The van der Waals surface area contributed by atoms with Crippen molar-refractivity contribution in [3.63, 3.8) is 0 Å². The number of benzene rings is 2. The van der Waals surface area contributed by atoms with Gasteiger partial charge in [-0.2, -0.15) is 13.2 Å². The van der Waals surface area contributed by atoms with Gasteiger partial charge in [-0.3, -0.25) is 4.79 Å². The number of amides is 3. The molecule has 0 saturated carbocycles. The molecule has 2 N–H and O–H groups in total. The standard InChI is InChI=1S/C28H33Cl2F3N4O2/c1-36(27(39)35-22-9-7-21(8-10-22)28(31,32)33)23-13-17-37(18-14-23)16-4-2-3-15-34-26(38)12-6-20-5-11-24(29)25(30)19-20/h5-12,19,23H,2-4,13-18H2,1H3,(H,34,38)(H,35,39)/b12-6+. The lowest BCUT2D eigenvalue weighted by Crippen LogP contribution is -2.47. The fourth-order valence-electron chi connectivity index (χ4n) is 4.35. The molecular formula is C28H33Cl2F3N4O2. The van der Waals surface area contributed by atoms with Crippen molar-refractivity contribution in [2.45, 2.75) is 44.3 Å². The van der Waals surface area contributed by atoms with Gasteiger partial charge >= 0.3 is 12.2 Å². The van der Waals surface area contributed by atoms with E-state index in [1.165, 1.54) is 18.2 Å². The van der Waals surface area contributed by atoms with Crippen molar-refractivity contribution >= 4 is 46.9 Å². The summed E-state index contributed by atoms with van der Waals surface area (Å²) in [6.07, 6.45) is 3.32. The van der Waals surface area contributed by atoms with Crippen LogP contribution in [-0.4, -0.2) is 61.0 Å². The molecular weight excluding hydrogens is 552 g/mol. The Balaban J connectivity index is 1.27. The minimum absolute atomic E-state index is 0.0721. The van der Waals surface area contributed by atoms with E-state index in [2.05, 4.69) is 15.5 Å². The molecule has 6 nitrogen and oxygen atoms in total. The molecule has 11 heteroatoms. The largest absolute Gasteiger partial charge is 0.416 e. The third-order valence-electron chi connectivity index (χ3n) is 6.71. The second kappa shape index (κ2) is 14.6. The summed E-state index contributed by atoms with van der Waals surface area (Å²) in [4.78, 5) is 28.6. The number of likely N-dealkylation sites (tertiary alicyclic amines) is 1. The average molecular weight is 585 g/mol. The third kappa shape index (κ3) is 10.1. The molecule has 2 aromatic rings. The van der Waals surface area contributed by atoms with Crippen molar-refractivity contribution in [3.05, 3.63) is 69.7 Å². The highest BCUT2D eigenvalue weighted by Crippen LogP contribution is 2.30. The number of nitrogens with one attached hydrogen (secondary N) is 2. The van der Waals surface area contributed by atoms with E-state index in [0.717, 1.165) is 69.4 Å². The summed E-state index contributed by atoms with van der Waals surface area (Å²) in [6, 6.07) is 9.35. The van der Waals surface area contributed by atoms with E-state index in [4.69, 9.17) is 23.2 Å². The Bertz CT molecular complexity index is 1130. The summed E-state index contributed by atoms with van der Waals surface area (Å²) < 4.78 is 38.2. The molecule has 1 fully saturated rings. The monoisotopic (exact) mass is 584 g/mol. The summed E-state index contributed by atoms with van der Waals surface area (Å²) in [5.41, 5.74) is 0.379. The number of nitrogens with zero attached hydrogens (tertiary/aromatic N) is 2. The third-order valence-corrected chi connectivity index (χ3v) is 7.45. The van der Waals surface area contributed by atoms with Crippen molar-refractivity contribution < 1.29 is 22.8 Å². The van der Waals surface area contributed by atoms with Crippen LogP contribution in [0.2, 0.25) is 10.0 Å². The summed E-state index contributed by atoms with van der Waals surface area (Å²) in [5, 5.41) is 6.47. The van der Waals surface area contributed by atoms with Gasteiger partial charge in [0.15, 0.2) is 0 Å². The van der Waals surface area contributed by atoms with E-state index in [1.807, 2.05) is 0 Å². The van der Waals surface area contributed by atoms with Crippen LogP contribution in [0.25, 0.3) is 6.08 Å². The maximum Gasteiger partial charge on any atom is 0.416 e. The first-order valence-corrected chi connectivity index (χ1v) is 13.6. The number of urea groups is 1. The number of carbonyl (C=O) groups is 2. The highest BCUT2D eigenvalue weighted by molar-refractivity contribution is 6.42. The molecule has 3 amide bonds. The van der Waals surface area contributed by atoms with E-state index in [1.54, 1.807) is 36.2 Å². The Kier molecular flexibility index (Phi) is 11.5. The molecule has 0 aromatic heterocycles. The number of hydrogen-bond acceptors (Lipinski definition) is 3. The predicted octanol–water partition coefficient (Wildman–Crippen LogP) is 6.94. The second-order valence-electron chi connectivity index (χ2n) is 9.55. The van der Waals surface area contributed by atoms with E-state index in [9.17, 15) is 22.8 Å². The van der Waals surface area contributed by atoms with Crippen LogP contribution in [0.15, 0.2) is 48.5 Å². The molecule has 1 heterocycles. The number of rotatable bonds is 10. The van der Waals surface area contributed by atoms with Crippen LogP contribution in [0.5, 0.6) is 0 Å². The van der Waals surface area contributed by atoms with Crippen LogP contribution < -0.4 is 10.6 Å². The number of halogens is 5. The zero-order valence-corrected chi connectivity index (χ0v) is 23.3. The second-order valence-corrected chi connectivity index (χ2v) is 10.4. The number of anilines is 1.